The van der Waals surface area contributed by atoms with Gasteiger partial charge in [0.2, 0.25) is 0 Å². The Bertz CT molecular complexity index is 563. The summed E-state index contributed by atoms with van der Waals surface area (Å²) in [5.74, 6) is 0.328. The van der Waals surface area contributed by atoms with Gasteiger partial charge in [-0.3, -0.25) is 4.55 Å². The van der Waals surface area contributed by atoms with Crippen LogP contribution >= 0.6 is 0 Å². The van der Waals surface area contributed by atoms with E-state index in [-0.39, 0.29) is 42.0 Å². The smallest absolute Gasteiger partial charge is 0.862 e. The summed E-state index contributed by atoms with van der Waals surface area (Å²) in [7, 11) is -4.02. The Hall–Kier alpha value is 0.380. The topological polar surface area (TPSA) is 89.8 Å². The molecule has 0 amide bonds. The van der Waals surface area contributed by atoms with Crippen molar-refractivity contribution in [1.82, 2.24) is 0 Å². The van der Waals surface area contributed by atoms with Gasteiger partial charge < -0.3 is 10.1 Å². The molecule has 0 radical (unpaired) electrons. The Morgan fingerprint density at radius 3 is 1.61 bits per heavy atom. The fourth-order valence-corrected chi connectivity index (χ4v) is 5.17. The molecule has 1 rings (SSSR count). The van der Waals surface area contributed by atoms with Crippen LogP contribution in [0.25, 0.3) is 0 Å². The molecule has 0 bridgehead atoms. The van der Waals surface area contributed by atoms with Crippen molar-refractivity contribution in [3.8, 4) is 0 Å². The monoisotopic (exact) mass is 495 g/mol. The van der Waals surface area contributed by atoms with Gasteiger partial charge in [-0.15, -0.1) is 0 Å². The van der Waals surface area contributed by atoms with Gasteiger partial charge in [0, 0.05) is 0 Å². The van der Waals surface area contributed by atoms with E-state index in [0.717, 1.165) is 25.2 Å². The molecular weight excluding hydrogens is 445 g/mol. The molecule has 1 saturated carbocycles. The van der Waals surface area contributed by atoms with Gasteiger partial charge in [0.25, 0.3) is 10.1 Å². The van der Waals surface area contributed by atoms with Gasteiger partial charge in [0.05, 0.1) is 12.3 Å². The van der Waals surface area contributed by atoms with Crippen LogP contribution in [0.15, 0.2) is 4.99 Å². The molecule has 0 spiro atoms. The van der Waals surface area contributed by atoms with Gasteiger partial charge in [-0.1, -0.05) is 128 Å². The number of aliphatic imine (C=N–C) groups is 1. The van der Waals surface area contributed by atoms with E-state index < -0.39 is 15.9 Å². The van der Waals surface area contributed by atoms with Crippen LogP contribution in [0.5, 0.6) is 0 Å². The molecule has 0 aromatic heterocycles. The van der Waals surface area contributed by atoms with Gasteiger partial charge in [-0.05, 0) is 24.7 Å². The SMILES string of the molecule is O=S(=O)(O)CCN=C([O-])CCCCCCCCCCCCCCCCCC1CCCCC1.[Na+]. The second kappa shape index (κ2) is 22.8. The zero-order valence-electron chi connectivity index (χ0n) is 21.6. The Balaban J connectivity index is 0.0000102. The van der Waals surface area contributed by atoms with E-state index in [9.17, 15) is 13.5 Å². The summed E-state index contributed by atoms with van der Waals surface area (Å²) in [6, 6.07) is 0. The van der Waals surface area contributed by atoms with Crippen molar-refractivity contribution in [2.75, 3.05) is 12.3 Å². The van der Waals surface area contributed by atoms with Crippen molar-refractivity contribution < 1.29 is 47.6 Å². The van der Waals surface area contributed by atoms with Crippen LogP contribution in [0.2, 0.25) is 0 Å². The molecule has 7 heteroatoms. The molecule has 1 aliphatic rings. The van der Waals surface area contributed by atoms with Crippen LogP contribution in [0, 0.1) is 5.92 Å². The first-order valence-electron chi connectivity index (χ1n) is 13.6. The van der Waals surface area contributed by atoms with Gasteiger partial charge in [0.15, 0.2) is 0 Å². The number of hydrogen-bond acceptors (Lipinski definition) is 4. The predicted molar refractivity (Wildman–Crippen MR) is 134 cm³/mol. The fraction of sp³-hybridized carbons (Fsp3) is 0.962. The summed E-state index contributed by atoms with van der Waals surface area (Å²) in [6.07, 6.45) is 28.9. The fourth-order valence-electron chi connectivity index (χ4n) is 4.85. The average Bonchev–Trinajstić information content (AvgIpc) is 2.75. The number of nitrogens with zero attached hydrogens (tertiary/aromatic N) is 1. The van der Waals surface area contributed by atoms with E-state index in [1.807, 2.05) is 0 Å². The minimum atomic E-state index is -4.02. The van der Waals surface area contributed by atoms with E-state index in [1.165, 1.54) is 116 Å². The maximum atomic E-state index is 11.5. The molecule has 1 aliphatic carbocycles. The summed E-state index contributed by atoms with van der Waals surface area (Å²) in [6.45, 7) is -0.141. The van der Waals surface area contributed by atoms with Crippen molar-refractivity contribution >= 4 is 16.0 Å². The zero-order chi connectivity index (χ0) is 23.3. The molecule has 0 atom stereocenters. The molecular formula is C26H50NNaO4S. The van der Waals surface area contributed by atoms with Crippen molar-refractivity contribution in [1.29, 1.82) is 0 Å². The Morgan fingerprint density at radius 2 is 1.15 bits per heavy atom. The molecule has 0 aromatic carbocycles. The molecule has 0 aromatic rings. The summed E-state index contributed by atoms with van der Waals surface area (Å²) >= 11 is 0. The van der Waals surface area contributed by atoms with Gasteiger partial charge in [-0.25, -0.2) is 0 Å². The molecule has 0 unspecified atom stereocenters. The van der Waals surface area contributed by atoms with Crippen molar-refractivity contribution in [3.05, 3.63) is 0 Å². The molecule has 1 N–H and O–H groups in total. The standard InChI is InChI=1S/C26H51NO4S.Na/c28-26(27-23-24-32(29,30)31)22-18-13-11-9-7-5-3-1-2-4-6-8-10-12-15-19-25-20-16-14-17-21-25;/h25H,1-24H2,(H,27,28)(H,29,30,31);/q;+1/p-1. The van der Waals surface area contributed by atoms with Gasteiger partial charge >= 0.3 is 29.6 Å². The number of rotatable bonds is 21. The third-order valence-electron chi connectivity index (χ3n) is 6.87. The van der Waals surface area contributed by atoms with Gasteiger partial charge in [0.1, 0.15) is 0 Å². The predicted octanol–water partition coefficient (Wildman–Crippen LogP) is 3.85. The second-order valence-electron chi connectivity index (χ2n) is 9.91. The van der Waals surface area contributed by atoms with E-state index in [4.69, 9.17) is 4.55 Å². The average molecular weight is 496 g/mol. The molecule has 0 saturated heterocycles. The number of unbranched alkanes of at least 4 members (excludes halogenated alkanes) is 14. The quantitative estimate of drug-likeness (QED) is 0.0861. The third kappa shape index (κ3) is 23.9. The van der Waals surface area contributed by atoms with Crippen LogP contribution in [0.3, 0.4) is 0 Å². The zero-order valence-corrected chi connectivity index (χ0v) is 24.4. The first kappa shape index (κ1) is 33.4. The minimum Gasteiger partial charge on any atom is -0.862 e. The second-order valence-corrected chi connectivity index (χ2v) is 11.5. The van der Waals surface area contributed by atoms with Crippen LogP contribution in [-0.4, -0.2) is 31.2 Å². The maximum absolute atomic E-state index is 11.5. The minimum absolute atomic E-state index is 0. The van der Waals surface area contributed by atoms with Crippen molar-refractivity contribution in [2.45, 2.75) is 141 Å². The summed E-state index contributed by atoms with van der Waals surface area (Å²) in [4.78, 5) is 3.66. The Labute approximate surface area is 227 Å². The largest absolute Gasteiger partial charge is 1.00 e. The van der Waals surface area contributed by atoms with E-state index in [2.05, 4.69) is 4.99 Å². The maximum Gasteiger partial charge on any atom is 1.00 e. The Kier molecular flexibility index (Phi) is 23.1. The first-order chi connectivity index (χ1) is 15.5. The van der Waals surface area contributed by atoms with E-state index >= 15 is 0 Å². The normalized spacial score (nSPS) is 15.5. The first-order valence-corrected chi connectivity index (χ1v) is 15.2. The van der Waals surface area contributed by atoms with E-state index in [1.54, 1.807) is 0 Å². The molecule has 5 nitrogen and oxygen atoms in total. The van der Waals surface area contributed by atoms with Gasteiger partial charge in [-0.2, -0.15) is 8.42 Å². The molecule has 0 aliphatic heterocycles. The molecule has 190 valence electrons. The summed E-state index contributed by atoms with van der Waals surface area (Å²) < 4.78 is 29.7. The molecule has 1 fully saturated rings. The van der Waals surface area contributed by atoms with E-state index in [0.29, 0.717) is 6.42 Å². The van der Waals surface area contributed by atoms with Crippen LogP contribution in [-0.2, 0) is 10.1 Å². The van der Waals surface area contributed by atoms with Crippen LogP contribution in [0.4, 0.5) is 0 Å². The third-order valence-corrected chi connectivity index (χ3v) is 7.56. The summed E-state index contributed by atoms with van der Waals surface area (Å²) in [5, 5.41) is 11.5. The molecule has 0 heterocycles. The van der Waals surface area contributed by atoms with Crippen molar-refractivity contribution in [3.63, 3.8) is 0 Å². The summed E-state index contributed by atoms with van der Waals surface area (Å²) in [5.41, 5.74) is 0. The van der Waals surface area contributed by atoms with Crippen molar-refractivity contribution in [2.24, 2.45) is 10.9 Å². The molecule has 33 heavy (non-hydrogen) atoms. The Morgan fingerprint density at radius 1 is 0.727 bits per heavy atom. The van der Waals surface area contributed by atoms with Crippen LogP contribution < -0.4 is 34.7 Å². The van der Waals surface area contributed by atoms with Crippen LogP contribution in [0.1, 0.15) is 141 Å². The number of hydrogen-bond donors (Lipinski definition) is 1.